The van der Waals surface area contributed by atoms with Gasteiger partial charge in [-0.3, -0.25) is 0 Å². The summed E-state index contributed by atoms with van der Waals surface area (Å²) in [6, 6.07) is 10.4. The van der Waals surface area contributed by atoms with E-state index in [-0.39, 0.29) is 12.1 Å². The first-order valence-corrected chi connectivity index (χ1v) is 9.39. The topological polar surface area (TPSA) is 56.8 Å². The fourth-order valence-electron chi connectivity index (χ4n) is 2.85. The Morgan fingerprint density at radius 3 is 2.75 bits per heavy atom. The molecule has 1 unspecified atom stereocenters. The molecule has 2 atom stereocenters. The molecular weight excluding hydrogens is 300 g/mol. The highest BCUT2D eigenvalue weighted by atomic mass is 16.5. The molecule has 0 aliphatic carbocycles. The van der Waals surface area contributed by atoms with Gasteiger partial charge < -0.3 is 15.2 Å². The largest absolute Gasteiger partial charge is 0.475 e. The molecule has 1 aromatic rings. The Morgan fingerprint density at radius 2 is 1.96 bits per heavy atom. The van der Waals surface area contributed by atoms with Crippen LogP contribution in [0, 0.1) is 0 Å². The van der Waals surface area contributed by atoms with Crippen molar-refractivity contribution in [2.45, 2.75) is 64.0 Å². The molecule has 0 spiro atoms. The summed E-state index contributed by atoms with van der Waals surface area (Å²) < 4.78 is 11.4. The third kappa shape index (κ3) is 7.02. The number of nitrogens with zero attached hydrogens (tertiary/aromatic N) is 1. The van der Waals surface area contributed by atoms with Gasteiger partial charge >= 0.3 is 0 Å². The maximum absolute atomic E-state index is 6.15. The number of rotatable bonds is 12. The minimum Gasteiger partial charge on any atom is -0.475 e. The van der Waals surface area contributed by atoms with Crippen molar-refractivity contribution in [2.24, 2.45) is 10.7 Å². The van der Waals surface area contributed by atoms with E-state index in [1.165, 1.54) is 32.1 Å². The first-order chi connectivity index (χ1) is 11.8. The lowest BCUT2D eigenvalue weighted by atomic mass is 10.1. The molecule has 0 bridgehead atoms. The second kappa shape index (κ2) is 11.2. The van der Waals surface area contributed by atoms with Gasteiger partial charge in [-0.2, -0.15) is 0 Å². The smallest absolute Gasteiger partial charge is 0.216 e. The molecule has 24 heavy (non-hydrogen) atoms. The van der Waals surface area contributed by atoms with Gasteiger partial charge in [0.2, 0.25) is 5.90 Å². The van der Waals surface area contributed by atoms with Crippen molar-refractivity contribution < 1.29 is 9.47 Å². The monoisotopic (exact) mass is 332 g/mol. The second-order valence-corrected chi connectivity index (χ2v) is 6.59. The van der Waals surface area contributed by atoms with E-state index in [1.807, 2.05) is 30.3 Å². The Hall–Kier alpha value is -1.39. The molecule has 0 saturated heterocycles. The van der Waals surface area contributed by atoms with E-state index in [0.29, 0.717) is 19.8 Å². The van der Waals surface area contributed by atoms with E-state index in [1.54, 1.807) is 0 Å². The van der Waals surface area contributed by atoms with Crippen molar-refractivity contribution >= 4 is 5.90 Å². The summed E-state index contributed by atoms with van der Waals surface area (Å²) in [6.07, 6.45) is 8.55. The van der Waals surface area contributed by atoms with Gasteiger partial charge in [0.1, 0.15) is 12.6 Å². The first kappa shape index (κ1) is 18.9. The third-order valence-electron chi connectivity index (χ3n) is 4.35. The summed E-state index contributed by atoms with van der Waals surface area (Å²) in [5, 5.41) is 0. The van der Waals surface area contributed by atoms with Crippen molar-refractivity contribution in [1.82, 2.24) is 0 Å². The summed E-state index contributed by atoms with van der Waals surface area (Å²) in [5.74, 6) is 0.730. The fraction of sp³-hybridized carbons (Fsp3) is 0.650. The van der Waals surface area contributed by atoms with Crippen LogP contribution in [0.25, 0.3) is 0 Å². The van der Waals surface area contributed by atoms with Crippen LogP contribution in [0.1, 0.15) is 57.4 Å². The lowest BCUT2D eigenvalue weighted by molar-refractivity contribution is 0.106. The minimum atomic E-state index is 0.102. The maximum Gasteiger partial charge on any atom is 0.216 e. The molecule has 2 rings (SSSR count). The molecule has 1 heterocycles. The van der Waals surface area contributed by atoms with Crippen LogP contribution in [-0.2, 0) is 9.47 Å². The van der Waals surface area contributed by atoms with Crippen LogP contribution in [0.3, 0.4) is 0 Å². The maximum atomic E-state index is 6.15. The normalized spacial score (nSPS) is 18.2. The summed E-state index contributed by atoms with van der Waals surface area (Å²) in [5.41, 5.74) is 7.18. The molecule has 2 N–H and O–H groups in total. The fourth-order valence-corrected chi connectivity index (χ4v) is 2.85. The molecule has 0 radical (unpaired) electrons. The Labute approximate surface area is 146 Å². The van der Waals surface area contributed by atoms with Gasteiger partial charge in [-0.05, 0) is 25.0 Å². The number of nitrogens with two attached hydrogens (primary N) is 1. The number of benzene rings is 1. The molecule has 0 fully saturated rings. The third-order valence-corrected chi connectivity index (χ3v) is 4.35. The minimum absolute atomic E-state index is 0.102. The van der Waals surface area contributed by atoms with Crippen LogP contribution in [0.15, 0.2) is 35.3 Å². The average molecular weight is 332 g/mol. The molecule has 0 amide bonds. The molecule has 0 saturated carbocycles. The predicted octanol–water partition coefficient (Wildman–Crippen LogP) is 3.93. The Kier molecular flexibility index (Phi) is 8.85. The zero-order chi connectivity index (χ0) is 17.0. The highest BCUT2D eigenvalue weighted by Crippen LogP contribution is 2.13. The molecule has 1 aliphatic rings. The lowest BCUT2D eigenvalue weighted by Crippen LogP contribution is -2.23. The van der Waals surface area contributed by atoms with E-state index >= 15 is 0 Å². The van der Waals surface area contributed by atoms with Crippen LogP contribution in [0.4, 0.5) is 0 Å². The highest BCUT2D eigenvalue weighted by molar-refractivity contribution is 5.95. The van der Waals surface area contributed by atoms with E-state index in [9.17, 15) is 0 Å². The van der Waals surface area contributed by atoms with Crippen molar-refractivity contribution in [2.75, 3.05) is 19.8 Å². The Morgan fingerprint density at radius 1 is 1.17 bits per heavy atom. The lowest BCUT2D eigenvalue weighted by Gasteiger charge is -2.12. The Bertz CT molecular complexity index is 476. The number of unbranched alkanes of at least 4 members (excludes halogenated alkanes) is 4. The van der Waals surface area contributed by atoms with Gasteiger partial charge in [0, 0.05) is 18.2 Å². The SMILES string of the molecule is CCCCCCCC(N)CCOC[C@@H]1COC(c2ccccc2)=N1. The number of hydrogen-bond donors (Lipinski definition) is 1. The summed E-state index contributed by atoms with van der Waals surface area (Å²) >= 11 is 0. The van der Waals surface area contributed by atoms with Crippen LogP contribution < -0.4 is 5.73 Å². The molecular formula is C20H32N2O2. The van der Waals surface area contributed by atoms with Gasteiger partial charge in [-0.15, -0.1) is 0 Å². The molecule has 1 aliphatic heterocycles. The van der Waals surface area contributed by atoms with E-state index < -0.39 is 0 Å². The summed E-state index contributed by atoms with van der Waals surface area (Å²) in [6.45, 7) is 4.17. The van der Waals surface area contributed by atoms with Crippen LogP contribution in [-0.4, -0.2) is 37.8 Å². The van der Waals surface area contributed by atoms with Gasteiger partial charge in [0.05, 0.1) is 6.61 Å². The van der Waals surface area contributed by atoms with Crippen molar-refractivity contribution in [3.63, 3.8) is 0 Å². The number of ether oxygens (including phenoxy) is 2. The number of hydrogen-bond acceptors (Lipinski definition) is 4. The predicted molar refractivity (Wildman–Crippen MR) is 99.5 cm³/mol. The van der Waals surface area contributed by atoms with Crippen LogP contribution in [0.5, 0.6) is 0 Å². The zero-order valence-corrected chi connectivity index (χ0v) is 15.0. The molecule has 4 heteroatoms. The van der Waals surface area contributed by atoms with Gasteiger partial charge in [-0.1, -0.05) is 57.2 Å². The van der Waals surface area contributed by atoms with Gasteiger partial charge in [0.15, 0.2) is 0 Å². The van der Waals surface area contributed by atoms with Gasteiger partial charge in [-0.25, -0.2) is 4.99 Å². The van der Waals surface area contributed by atoms with Crippen molar-refractivity contribution in [3.8, 4) is 0 Å². The molecule has 4 nitrogen and oxygen atoms in total. The van der Waals surface area contributed by atoms with E-state index in [4.69, 9.17) is 15.2 Å². The molecule has 1 aromatic carbocycles. The number of aliphatic imine (C=N–C) groups is 1. The Balaban J connectivity index is 1.54. The summed E-state index contributed by atoms with van der Waals surface area (Å²) in [4.78, 5) is 4.59. The summed E-state index contributed by atoms with van der Waals surface area (Å²) in [7, 11) is 0. The van der Waals surface area contributed by atoms with Crippen LogP contribution in [0.2, 0.25) is 0 Å². The zero-order valence-electron chi connectivity index (χ0n) is 15.0. The highest BCUT2D eigenvalue weighted by Gasteiger charge is 2.20. The van der Waals surface area contributed by atoms with E-state index in [2.05, 4.69) is 11.9 Å². The van der Waals surface area contributed by atoms with Crippen LogP contribution >= 0.6 is 0 Å². The average Bonchev–Trinajstić information content (AvgIpc) is 3.08. The molecule has 0 aromatic heterocycles. The van der Waals surface area contributed by atoms with Crippen molar-refractivity contribution in [1.29, 1.82) is 0 Å². The van der Waals surface area contributed by atoms with Crippen molar-refractivity contribution in [3.05, 3.63) is 35.9 Å². The quantitative estimate of drug-likeness (QED) is 0.590. The van der Waals surface area contributed by atoms with E-state index in [0.717, 1.165) is 24.3 Å². The first-order valence-electron chi connectivity index (χ1n) is 9.39. The molecule has 134 valence electrons. The second-order valence-electron chi connectivity index (χ2n) is 6.59. The van der Waals surface area contributed by atoms with Gasteiger partial charge in [0.25, 0.3) is 0 Å². The standard InChI is InChI=1S/C20H32N2O2/c1-2-3-4-5-9-12-18(21)13-14-23-15-19-16-24-20(22-19)17-10-7-6-8-11-17/h6-8,10-11,18-19H,2-5,9,12-16,21H2,1H3/t18?,19-/m1/s1.